The molecule has 0 amide bonds. The van der Waals surface area contributed by atoms with Gasteiger partial charge in [0.25, 0.3) is 0 Å². The largest absolute Gasteiger partial charge is 0.506 e. The minimum Gasteiger partial charge on any atom is -0.506 e. The van der Waals surface area contributed by atoms with Crippen LogP contribution < -0.4 is 5.32 Å². The second-order valence-electron chi connectivity index (χ2n) is 3.51. The summed E-state index contributed by atoms with van der Waals surface area (Å²) in [5, 5.41) is 22.1. The zero-order chi connectivity index (χ0) is 11.4. The standard InChI is InChI=1S/C13H13NO2/c15-11-7-4-8-12(16)13(11)14-9-10-5-2-1-3-6-10/h1-8,14-16H,9H2. The van der Waals surface area contributed by atoms with Crippen molar-refractivity contribution in [1.82, 2.24) is 0 Å². The summed E-state index contributed by atoms with van der Waals surface area (Å²) >= 11 is 0. The molecule has 3 heteroatoms. The summed E-state index contributed by atoms with van der Waals surface area (Å²) in [5.41, 5.74) is 1.46. The molecular formula is C13H13NO2. The third-order valence-electron chi connectivity index (χ3n) is 2.33. The molecule has 0 saturated carbocycles. The lowest BCUT2D eigenvalue weighted by molar-refractivity contribution is 0.454. The van der Waals surface area contributed by atoms with Crippen LogP contribution in [0, 0.1) is 0 Å². The fourth-order valence-electron chi connectivity index (χ4n) is 1.50. The van der Waals surface area contributed by atoms with E-state index in [0.29, 0.717) is 12.2 Å². The predicted molar refractivity (Wildman–Crippen MR) is 63.5 cm³/mol. The molecular weight excluding hydrogens is 202 g/mol. The molecule has 0 saturated heterocycles. The smallest absolute Gasteiger partial charge is 0.142 e. The first-order chi connectivity index (χ1) is 7.77. The number of rotatable bonds is 3. The van der Waals surface area contributed by atoms with Crippen LogP contribution in [0.1, 0.15) is 5.56 Å². The average Bonchev–Trinajstić information content (AvgIpc) is 2.30. The maximum absolute atomic E-state index is 9.55. The number of phenols is 2. The molecule has 2 rings (SSSR count). The van der Waals surface area contributed by atoms with Crippen molar-refractivity contribution in [3.8, 4) is 11.5 Å². The first-order valence-corrected chi connectivity index (χ1v) is 5.06. The van der Waals surface area contributed by atoms with Crippen molar-refractivity contribution in [2.75, 3.05) is 5.32 Å². The first-order valence-electron chi connectivity index (χ1n) is 5.06. The summed E-state index contributed by atoms with van der Waals surface area (Å²) in [6, 6.07) is 14.5. The van der Waals surface area contributed by atoms with E-state index in [1.54, 1.807) is 6.07 Å². The van der Waals surface area contributed by atoms with E-state index in [9.17, 15) is 10.2 Å². The third-order valence-corrected chi connectivity index (χ3v) is 2.33. The quantitative estimate of drug-likeness (QED) is 0.690. The number of phenolic OH excluding ortho intramolecular Hbond substituents is 2. The molecule has 0 fully saturated rings. The third kappa shape index (κ3) is 2.25. The molecule has 3 N–H and O–H groups in total. The van der Waals surface area contributed by atoms with Gasteiger partial charge in [-0.1, -0.05) is 36.4 Å². The molecule has 0 aliphatic rings. The van der Waals surface area contributed by atoms with Gasteiger partial charge in [0.2, 0.25) is 0 Å². The van der Waals surface area contributed by atoms with E-state index in [1.807, 2.05) is 30.3 Å². The molecule has 0 atom stereocenters. The lowest BCUT2D eigenvalue weighted by atomic mass is 10.2. The molecule has 0 spiro atoms. The van der Waals surface area contributed by atoms with Gasteiger partial charge in [-0.3, -0.25) is 0 Å². The van der Waals surface area contributed by atoms with Crippen LogP contribution in [-0.4, -0.2) is 10.2 Å². The number of hydrogen-bond donors (Lipinski definition) is 3. The second kappa shape index (κ2) is 4.57. The topological polar surface area (TPSA) is 52.5 Å². The molecule has 0 unspecified atom stereocenters. The van der Waals surface area contributed by atoms with E-state index >= 15 is 0 Å². The van der Waals surface area contributed by atoms with E-state index in [2.05, 4.69) is 5.32 Å². The summed E-state index contributed by atoms with van der Waals surface area (Å²) in [4.78, 5) is 0. The zero-order valence-corrected chi connectivity index (χ0v) is 8.72. The van der Waals surface area contributed by atoms with Gasteiger partial charge in [-0.05, 0) is 17.7 Å². The van der Waals surface area contributed by atoms with Gasteiger partial charge >= 0.3 is 0 Å². The summed E-state index contributed by atoms with van der Waals surface area (Å²) in [7, 11) is 0. The predicted octanol–water partition coefficient (Wildman–Crippen LogP) is 2.71. The molecule has 0 radical (unpaired) electrons. The van der Waals surface area contributed by atoms with Crippen molar-refractivity contribution in [1.29, 1.82) is 0 Å². The van der Waals surface area contributed by atoms with Gasteiger partial charge in [-0.2, -0.15) is 0 Å². The van der Waals surface area contributed by atoms with Crippen molar-refractivity contribution in [2.24, 2.45) is 0 Å². The van der Waals surface area contributed by atoms with Crippen molar-refractivity contribution in [2.45, 2.75) is 6.54 Å². The summed E-state index contributed by atoms with van der Waals surface area (Å²) in [6.07, 6.45) is 0. The molecule has 0 aromatic heterocycles. The lowest BCUT2D eigenvalue weighted by Gasteiger charge is -2.09. The van der Waals surface area contributed by atoms with Gasteiger partial charge in [0.05, 0.1) is 0 Å². The Bertz CT molecular complexity index is 448. The Balaban J connectivity index is 2.11. The maximum Gasteiger partial charge on any atom is 0.142 e. The average molecular weight is 215 g/mol. The normalized spacial score (nSPS) is 10.0. The van der Waals surface area contributed by atoms with Crippen LogP contribution in [0.3, 0.4) is 0 Å². The second-order valence-corrected chi connectivity index (χ2v) is 3.51. The fraction of sp³-hybridized carbons (Fsp3) is 0.0769. The molecule has 0 aliphatic carbocycles. The highest BCUT2D eigenvalue weighted by Gasteiger charge is 2.05. The highest BCUT2D eigenvalue weighted by molar-refractivity contribution is 5.64. The van der Waals surface area contributed by atoms with E-state index in [0.717, 1.165) is 5.56 Å². The van der Waals surface area contributed by atoms with E-state index < -0.39 is 0 Å². The van der Waals surface area contributed by atoms with Crippen LogP contribution in [0.15, 0.2) is 48.5 Å². The minimum absolute atomic E-state index is 0.0518. The van der Waals surface area contributed by atoms with Crippen LogP contribution in [0.4, 0.5) is 5.69 Å². The van der Waals surface area contributed by atoms with Gasteiger partial charge in [0.15, 0.2) is 0 Å². The Labute approximate surface area is 94.0 Å². The minimum atomic E-state index is 0.0518. The van der Waals surface area contributed by atoms with Crippen molar-refractivity contribution >= 4 is 5.69 Å². The SMILES string of the molecule is Oc1cccc(O)c1NCc1ccccc1. The molecule has 3 nitrogen and oxygen atoms in total. The molecule has 0 aliphatic heterocycles. The van der Waals surface area contributed by atoms with Gasteiger partial charge < -0.3 is 15.5 Å². The van der Waals surface area contributed by atoms with Gasteiger partial charge in [-0.25, -0.2) is 0 Å². The van der Waals surface area contributed by atoms with Crippen molar-refractivity contribution in [3.05, 3.63) is 54.1 Å². The molecule has 2 aromatic carbocycles. The number of benzene rings is 2. The Morgan fingerprint density at radius 2 is 1.44 bits per heavy atom. The first kappa shape index (κ1) is 10.4. The van der Waals surface area contributed by atoms with Crippen LogP contribution >= 0.6 is 0 Å². The molecule has 0 heterocycles. The molecule has 2 aromatic rings. The fourth-order valence-corrected chi connectivity index (χ4v) is 1.50. The van der Waals surface area contributed by atoms with Gasteiger partial charge in [-0.15, -0.1) is 0 Å². The summed E-state index contributed by atoms with van der Waals surface area (Å²) < 4.78 is 0. The molecule has 0 bridgehead atoms. The Hall–Kier alpha value is -2.16. The van der Waals surface area contributed by atoms with Gasteiger partial charge in [0, 0.05) is 6.54 Å². The van der Waals surface area contributed by atoms with Crippen LogP contribution in [0.25, 0.3) is 0 Å². The summed E-state index contributed by atoms with van der Waals surface area (Å²) in [6.45, 7) is 0.561. The van der Waals surface area contributed by atoms with Crippen LogP contribution in [0.5, 0.6) is 11.5 Å². The van der Waals surface area contributed by atoms with E-state index in [4.69, 9.17) is 0 Å². The number of anilines is 1. The maximum atomic E-state index is 9.55. The highest BCUT2D eigenvalue weighted by atomic mass is 16.3. The highest BCUT2D eigenvalue weighted by Crippen LogP contribution is 2.32. The Morgan fingerprint density at radius 3 is 2.06 bits per heavy atom. The molecule has 16 heavy (non-hydrogen) atoms. The van der Waals surface area contributed by atoms with Crippen molar-refractivity contribution in [3.63, 3.8) is 0 Å². The summed E-state index contributed by atoms with van der Waals surface area (Å²) in [5.74, 6) is 0.104. The van der Waals surface area contributed by atoms with Crippen LogP contribution in [-0.2, 0) is 6.54 Å². The van der Waals surface area contributed by atoms with E-state index in [1.165, 1.54) is 12.1 Å². The molecule has 82 valence electrons. The monoisotopic (exact) mass is 215 g/mol. The van der Waals surface area contributed by atoms with E-state index in [-0.39, 0.29) is 11.5 Å². The van der Waals surface area contributed by atoms with Gasteiger partial charge in [0.1, 0.15) is 17.2 Å². The Morgan fingerprint density at radius 1 is 0.812 bits per heavy atom. The Kier molecular flexibility index (Phi) is 2.96. The number of nitrogens with one attached hydrogen (secondary N) is 1. The number of hydrogen-bond acceptors (Lipinski definition) is 3. The lowest BCUT2D eigenvalue weighted by Crippen LogP contribution is -1.99. The number of para-hydroxylation sites is 1. The van der Waals surface area contributed by atoms with Crippen LogP contribution in [0.2, 0.25) is 0 Å². The van der Waals surface area contributed by atoms with Crippen molar-refractivity contribution < 1.29 is 10.2 Å². The number of aromatic hydroxyl groups is 2. The zero-order valence-electron chi connectivity index (χ0n) is 8.72.